The maximum atomic E-state index is 12.9. The lowest BCUT2D eigenvalue weighted by Gasteiger charge is -2.44. The molecule has 158 valence electrons. The second-order valence-corrected chi connectivity index (χ2v) is 7.06. The second-order valence-electron chi connectivity index (χ2n) is 6.59. The number of anilines is 1. The number of halogens is 1. The van der Waals surface area contributed by atoms with Crippen LogP contribution in [0.4, 0.5) is 5.69 Å². The van der Waals surface area contributed by atoms with Crippen molar-refractivity contribution in [3.05, 3.63) is 53.6 Å². The highest BCUT2D eigenvalue weighted by Crippen LogP contribution is 2.38. The Morgan fingerprint density at radius 1 is 1.17 bits per heavy atom. The van der Waals surface area contributed by atoms with Crippen molar-refractivity contribution in [2.24, 2.45) is 0 Å². The van der Waals surface area contributed by atoms with Crippen molar-refractivity contribution in [1.29, 1.82) is 0 Å². The minimum Gasteiger partial charge on any atom is -0.497 e. The molecule has 1 aliphatic heterocycles. The molecule has 2 N–H and O–H groups in total. The molecule has 8 nitrogen and oxygen atoms in total. The van der Waals surface area contributed by atoms with Crippen LogP contribution in [0.2, 0.25) is 0 Å². The molecule has 1 saturated heterocycles. The number of benzene rings is 2. The van der Waals surface area contributed by atoms with Gasteiger partial charge in [-0.1, -0.05) is 12.1 Å². The van der Waals surface area contributed by atoms with Crippen LogP contribution >= 0.6 is 11.6 Å². The fourth-order valence-electron chi connectivity index (χ4n) is 3.13. The molecule has 0 saturated carbocycles. The van der Waals surface area contributed by atoms with E-state index in [9.17, 15) is 14.4 Å². The summed E-state index contributed by atoms with van der Waals surface area (Å²) in [6.45, 7) is 3.49. The van der Waals surface area contributed by atoms with Gasteiger partial charge >= 0.3 is 0 Å². The molecule has 0 aromatic heterocycles. The highest BCUT2D eigenvalue weighted by molar-refractivity contribution is 6.33. The third-order valence-electron chi connectivity index (χ3n) is 4.55. The topological polar surface area (TPSA) is 97.0 Å². The molecule has 3 rings (SSSR count). The Hall–Kier alpha value is -3.26. The molecule has 1 heterocycles. The fourth-order valence-corrected chi connectivity index (χ4v) is 3.50. The number of β-lactam (4-membered cyclic amide) rings is 1. The van der Waals surface area contributed by atoms with Gasteiger partial charge in [-0.3, -0.25) is 19.8 Å². The summed E-state index contributed by atoms with van der Waals surface area (Å²) >= 11 is 6.21. The molecule has 0 spiro atoms. The van der Waals surface area contributed by atoms with Gasteiger partial charge in [-0.25, -0.2) is 5.01 Å². The van der Waals surface area contributed by atoms with E-state index in [1.54, 1.807) is 50.4 Å². The van der Waals surface area contributed by atoms with E-state index in [1.807, 2.05) is 0 Å². The molecule has 0 aliphatic carbocycles. The third kappa shape index (κ3) is 4.33. The maximum absolute atomic E-state index is 12.9. The lowest BCUT2D eigenvalue weighted by atomic mass is 9.95. The molecule has 0 radical (unpaired) electrons. The minimum atomic E-state index is -0.785. The van der Waals surface area contributed by atoms with Crippen molar-refractivity contribution in [2.45, 2.75) is 25.3 Å². The monoisotopic (exact) mass is 431 g/mol. The van der Waals surface area contributed by atoms with Crippen molar-refractivity contribution < 1.29 is 23.9 Å². The summed E-state index contributed by atoms with van der Waals surface area (Å²) in [4.78, 5) is 36.4. The number of amides is 3. The molecule has 9 heteroatoms. The maximum Gasteiger partial charge on any atom is 0.273 e. The second kappa shape index (κ2) is 9.04. The SMILES string of the molecule is CCOc1cc(NC(C)=O)ccc1C(=O)NN1C(=O)C(Cl)C1c1ccc(OC)cc1. The van der Waals surface area contributed by atoms with Crippen molar-refractivity contribution in [1.82, 2.24) is 10.4 Å². The van der Waals surface area contributed by atoms with Crippen molar-refractivity contribution in [3.8, 4) is 11.5 Å². The Balaban J connectivity index is 1.81. The van der Waals surface area contributed by atoms with Crippen LogP contribution in [0, 0.1) is 0 Å². The van der Waals surface area contributed by atoms with Crippen LogP contribution in [0.3, 0.4) is 0 Å². The number of hydrogen-bond donors (Lipinski definition) is 2. The molecular weight excluding hydrogens is 410 g/mol. The van der Waals surface area contributed by atoms with Gasteiger partial charge in [0.1, 0.15) is 22.9 Å². The molecule has 1 fully saturated rings. The zero-order chi connectivity index (χ0) is 21.8. The van der Waals surface area contributed by atoms with Crippen LogP contribution in [-0.4, -0.2) is 41.8 Å². The van der Waals surface area contributed by atoms with Gasteiger partial charge in [0.05, 0.1) is 19.3 Å². The molecule has 2 aromatic rings. The minimum absolute atomic E-state index is 0.227. The first-order valence-corrected chi connectivity index (χ1v) is 9.75. The molecule has 30 heavy (non-hydrogen) atoms. The molecule has 2 unspecified atom stereocenters. The number of carbonyl (C=O) groups excluding carboxylic acids is 3. The summed E-state index contributed by atoms with van der Waals surface area (Å²) in [5.74, 6) is -0.206. The third-order valence-corrected chi connectivity index (χ3v) is 4.98. The van der Waals surface area contributed by atoms with Crippen LogP contribution in [0.25, 0.3) is 0 Å². The average molecular weight is 432 g/mol. The Morgan fingerprint density at radius 2 is 1.87 bits per heavy atom. The predicted molar refractivity (Wildman–Crippen MR) is 112 cm³/mol. The number of rotatable bonds is 7. The summed E-state index contributed by atoms with van der Waals surface area (Å²) in [7, 11) is 1.56. The van der Waals surface area contributed by atoms with Crippen LogP contribution < -0.4 is 20.2 Å². The number of nitrogens with one attached hydrogen (secondary N) is 2. The van der Waals surface area contributed by atoms with Gasteiger partial charge in [0.2, 0.25) is 5.91 Å². The Kier molecular flexibility index (Phi) is 6.47. The van der Waals surface area contributed by atoms with Gasteiger partial charge in [0.15, 0.2) is 0 Å². The first-order valence-electron chi connectivity index (χ1n) is 9.32. The first kappa shape index (κ1) is 21.4. The molecule has 3 amide bonds. The summed E-state index contributed by atoms with van der Waals surface area (Å²) in [5, 5.41) is 3.06. The quantitative estimate of drug-likeness (QED) is 0.519. The van der Waals surface area contributed by atoms with Gasteiger partial charge < -0.3 is 14.8 Å². The number of ether oxygens (including phenoxy) is 2. The fraction of sp³-hybridized carbons (Fsp3) is 0.286. The highest BCUT2D eigenvalue weighted by Gasteiger charge is 2.48. The first-order chi connectivity index (χ1) is 14.3. The summed E-state index contributed by atoms with van der Waals surface area (Å²) < 4.78 is 10.7. The Labute approximate surface area is 179 Å². The number of alkyl halides is 1. The van der Waals surface area contributed by atoms with E-state index in [4.69, 9.17) is 21.1 Å². The number of hydrogen-bond acceptors (Lipinski definition) is 5. The van der Waals surface area contributed by atoms with E-state index in [-0.39, 0.29) is 17.2 Å². The molecular formula is C21H22ClN3O5. The van der Waals surface area contributed by atoms with Gasteiger partial charge in [-0.05, 0) is 36.8 Å². The molecule has 2 aromatic carbocycles. The zero-order valence-corrected chi connectivity index (χ0v) is 17.5. The van der Waals surface area contributed by atoms with E-state index < -0.39 is 23.2 Å². The highest BCUT2D eigenvalue weighted by atomic mass is 35.5. The van der Waals surface area contributed by atoms with E-state index in [1.165, 1.54) is 18.0 Å². The summed E-state index contributed by atoms with van der Waals surface area (Å²) in [5.41, 5.74) is 4.10. The van der Waals surface area contributed by atoms with Crippen molar-refractivity contribution in [3.63, 3.8) is 0 Å². The van der Waals surface area contributed by atoms with E-state index in [2.05, 4.69) is 10.7 Å². The number of carbonyl (C=O) groups is 3. The van der Waals surface area contributed by atoms with Crippen LogP contribution in [0.15, 0.2) is 42.5 Å². The Bertz CT molecular complexity index is 964. The van der Waals surface area contributed by atoms with E-state index in [0.717, 1.165) is 5.56 Å². The standard InChI is InChI=1S/C21H22ClN3O5/c1-4-30-17-11-14(23-12(2)26)7-10-16(17)20(27)24-25-19(18(22)21(25)28)13-5-8-15(29-3)9-6-13/h5-11,18-19H,4H2,1-3H3,(H,23,26)(H,24,27). The zero-order valence-electron chi connectivity index (χ0n) is 16.8. The lowest BCUT2D eigenvalue weighted by molar-refractivity contribution is -0.149. The van der Waals surface area contributed by atoms with Crippen LogP contribution in [0.1, 0.15) is 35.8 Å². The van der Waals surface area contributed by atoms with Crippen molar-refractivity contribution >= 4 is 35.0 Å². The number of hydrazine groups is 1. The number of nitrogens with zero attached hydrogens (tertiary/aromatic N) is 1. The van der Waals surface area contributed by atoms with E-state index in [0.29, 0.717) is 18.0 Å². The molecule has 2 atom stereocenters. The molecule has 1 aliphatic rings. The van der Waals surface area contributed by atoms with Gasteiger partial charge in [-0.15, -0.1) is 11.6 Å². The van der Waals surface area contributed by atoms with Crippen molar-refractivity contribution in [2.75, 3.05) is 19.0 Å². The van der Waals surface area contributed by atoms with Crippen LogP contribution in [-0.2, 0) is 9.59 Å². The normalized spacial score (nSPS) is 17.7. The summed E-state index contributed by atoms with van der Waals surface area (Å²) in [6, 6.07) is 11.3. The molecule has 0 bridgehead atoms. The number of methoxy groups -OCH3 is 1. The Morgan fingerprint density at radius 3 is 2.47 bits per heavy atom. The van der Waals surface area contributed by atoms with Gasteiger partial charge in [-0.2, -0.15) is 0 Å². The average Bonchev–Trinajstić information content (AvgIpc) is 2.73. The van der Waals surface area contributed by atoms with Crippen LogP contribution in [0.5, 0.6) is 11.5 Å². The largest absolute Gasteiger partial charge is 0.497 e. The van der Waals surface area contributed by atoms with Gasteiger partial charge in [0.25, 0.3) is 11.8 Å². The van der Waals surface area contributed by atoms with Gasteiger partial charge in [0, 0.05) is 18.7 Å². The smallest absolute Gasteiger partial charge is 0.273 e. The predicted octanol–water partition coefficient (Wildman–Crippen LogP) is 2.89. The lowest BCUT2D eigenvalue weighted by Crippen LogP contribution is -2.63. The van der Waals surface area contributed by atoms with E-state index >= 15 is 0 Å². The summed E-state index contributed by atoms with van der Waals surface area (Å²) in [6.07, 6.45) is 0.